The van der Waals surface area contributed by atoms with Crippen molar-refractivity contribution >= 4 is 6.08 Å². The molecule has 1 aliphatic rings. The highest BCUT2D eigenvalue weighted by molar-refractivity contribution is 5.55. The average molecular weight is 275 g/mol. The van der Waals surface area contributed by atoms with Crippen LogP contribution in [0, 0.1) is 0 Å². The summed E-state index contributed by atoms with van der Waals surface area (Å²) < 4.78 is 11.2. The zero-order valence-corrected chi connectivity index (χ0v) is 12.5. The fourth-order valence-electron chi connectivity index (χ4n) is 2.05. The Balaban J connectivity index is 1.88. The smallest absolute Gasteiger partial charge is 0.161 e. The van der Waals surface area contributed by atoms with Crippen LogP contribution >= 0.6 is 0 Å². The van der Waals surface area contributed by atoms with Crippen LogP contribution in [0.25, 0.3) is 6.08 Å². The summed E-state index contributed by atoms with van der Waals surface area (Å²) in [7, 11) is 0. The monoisotopic (exact) mass is 275 g/mol. The van der Waals surface area contributed by atoms with E-state index < -0.39 is 0 Å². The second-order valence-corrected chi connectivity index (χ2v) is 4.99. The molecular formula is C17H25NO2. The zero-order valence-electron chi connectivity index (χ0n) is 12.5. The minimum absolute atomic E-state index is 0.651. The lowest BCUT2D eigenvalue weighted by Gasteiger charge is -2.11. The van der Waals surface area contributed by atoms with Gasteiger partial charge in [0.05, 0.1) is 13.2 Å². The molecule has 0 spiro atoms. The maximum Gasteiger partial charge on any atom is 0.161 e. The summed E-state index contributed by atoms with van der Waals surface area (Å²) in [6.45, 7) is 6.34. The summed E-state index contributed by atoms with van der Waals surface area (Å²) in [4.78, 5) is 0. The average Bonchev–Trinajstić information content (AvgIpc) is 3.26. The summed E-state index contributed by atoms with van der Waals surface area (Å²) in [6, 6.07) is 6.88. The van der Waals surface area contributed by atoms with Crippen molar-refractivity contribution in [3.05, 3.63) is 29.8 Å². The molecule has 1 N–H and O–H groups in total. The normalized spacial score (nSPS) is 14.7. The number of rotatable bonds is 9. The highest BCUT2D eigenvalue weighted by Crippen LogP contribution is 2.29. The maximum absolute atomic E-state index is 5.63. The van der Waals surface area contributed by atoms with Crippen molar-refractivity contribution in [2.24, 2.45) is 0 Å². The summed E-state index contributed by atoms with van der Waals surface area (Å²) in [5, 5.41) is 3.50. The molecule has 1 fully saturated rings. The lowest BCUT2D eigenvalue weighted by Crippen LogP contribution is -2.16. The fourth-order valence-corrected chi connectivity index (χ4v) is 2.05. The topological polar surface area (TPSA) is 30.5 Å². The van der Waals surface area contributed by atoms with Crippen molar-refractivity contribution in [2.45, 2.75) is 39.2 Å². The Morgan fingerprint density at radius 2 is 1.90 bits per heavy atom. The molecule has 3 heteroatoms. The summed E-state index contributed by atoms with van der Waals surface area (Å²) in [5.74, 6) is 1.65. The van der Waals surface area contributed by atoms with E-state index in [0.717, 1.165) is 36.1 Å². The van der Waals surface area contributed by atoms with Gasteiger partial charge in [-0.3, -0.25) is 0 Å². The van der Waals surface area contributed by atoms with Gasteiger partial charge in [-0.15, -0.1) is 0 Å². The summed E-state index contributed by atoms with van der Waals surface area (Å²) in [6.07, 6.45) is 8.11. The van der Waals surface area contributed by atoms with E-state index in [-0.39, 0.29) is 0 Å². The van der Waals surface area contributed by atoms with Crippen LogP contribution in [0.1, 0.15) is 38.7 Å². The van der Waals surface area contributed by atoms with Gasteiger partial charge in [0.2, 0.25) is 0 Å². The quantitative estimate of drug-likeness (QED) is 0.698. The van der Waals surface area contributed by atoms with Gasteiger partial charge in [-0.25, -0.2) is 0 Å². The largest absolute Gasteiger partial charge is 0.490 e. The molecule has 0 aliphatic heterocycles. The maximum atomic E-state index is 5.63. The van der Waals surface area contributed by atoms with E-state index in [1.54, 1.807) is 0 Å². The molecule has 0 radical (unpaired) electrons. The van der Waals surface area contributed by atoms with Gasteiger partial charge in [-0.1, -0.05) is 18.2 Å². The molecular weight excluding hydrogens is 250 g/mol. The van der Waals surface area contributed by atoms with Crippen LogP contribution in [0.5, 0.6) is 11.5 Å². The second-order valence-electron chi connectivity index (χ2n) is 4.99. The Kier molecular flexibility index (Phi) is 5.93. The van der Waals surface area contributed by atoms with Gasteiger partial charge in [0.25, 0.3) is 0 Å². The van der Waals surface area contributed by atoms with E-state index in [1.807, 2.05) is 26.0 Å². The standard InChI is InChI=1S/C17H25NO2/c1-3-19-16-11-8-14(13-17(16)20-4-2)7-5-6-12-18-15-9-10-15/h5,7-8,11,13,15,18H,3-4,6,9-10,12H2,1-2H3. The molecule has 0 heterocycles. The molecule has 110 valence electrons. The van der Waals surface area contributed by atoms with Crippen LogP contribution in [0.3, 0.4) is 0 Å². The van der Waals surface area contributed by atoms with Crippen molar-refractivity contribution in [2.75, 3.05) is 19.8 Å². The minimum atomic E-state index is 0.651. The Hall–Kier alpha value is -1.48. The Morgan fingerprint density at radius 1 is 1.15 bits per heavy atom. The molecule has 0 bridgehead atoms. The molecule has 0 saturated heterocycles. The van der Waals surface area contributed by atoms with E-state index in [2.05, 4.69) is 23.5 Å². The van der Waals surface area contributed by atoms with Gasteiger partial charge in [-0.2, -0.15) is 0 Å². The summed E-state index contributed by atoms with van der Waals surface area (Å²) >= 11 is 0. The lowest BCUT2D eigenvalue weighted by atomic mass is 10.1. The van der Waals surface area contributed by atoms with E-state index in [9.17, 15) is 0 Å². The predicted molar refractivity (Wildman–Crippen MR) is 83.5 cm³/mol. The van der Waals surface area contributed by atoms with Gasteiger partial charge < -0.3 is 14.8 Å². The van der Waals surface area contributed by atoms with E-state index >= 15 is 0 Å². The van der Waals surface area contributed by atoms with Crippen LogP contribution < -0.4 is 14.8 Å². The first-order valence-electron chi connectivity index (χ1n) is 7.63. The number of ether oxygens (including phenoxy) is 2. The molecule has 20 heavy (non-hydrogen) atoms. The molecule has 0 unspecified atom stereocenters. The molecule has 0 aromatic heterocycles. The molecule has 1 aromatic carbocycles. The van der Waals surface area contributed by atoms with Crippen LogP contribution in [0.2, 0.25) is 0 Å². The van der Waals surface area contributed by atoms with Gasteiger partial charge >= 0.3 is 0 Å². The van der Waals surface area contributed by atoms with Gasteiger partial charge in [-0.05, 0) is 57.4 Å². The van der Waals surface area contributed by atoms with Gasteiger partial charge in [0, 0.05) is 6.04 Å². The van der Waals surface area contributed by atoms with Crippen molar-refractivity contribution in [1.82, 2.24) is 5.32 Å². The van der Waals surface area contributed by atoms with Crippen molar-refractivity contribution in [1.29, 1.82) is 0 Å². The third kappa shape index (κ3) is 4.89. The van der Waals surface area contributed by atoms with Crippen LogP contribution in [0.4, 0.5) is 0 Å². The molecule has 0 amide bonds. The predicted octanol–water partition coefficient (Wildman–Crippen LogP) is 3.64. The number of benzene rings is 1. The molecule has 1 aliphatic carbocycles. The highest BCUT2D eigenvalue weighted by atomic mass is 16.5. The molecule has 1 aromatic rings. The Bertz CT molecular complexity index is 439. The number of hydrogen-bond donors (Lipinski definition) is 1. The number of nitrogens with one attached hydrogen (secondary N) is 1. The Labute approximate surface area is 122 Å². The third-order valence-electron chi connectivity index (χ3n) is 3.20. The summed E-state index contributed by atoms with van der Waals surface area (Å²) in [5.41, 5.74) is 1.16. The first-order valence-corrected chi connectivity index (χ1v) is 7.63. The molecule has 1 saturated carbocycles. The SMILES string of the molecule is CCOc1ccc(C=CCCNC2CC2)cc1OCC. The van der Waals surface area contributed by atoms with Crippen LogP contribution in [-0.4, -0.2) is 25.8 Å². The molecule has 3 nitrogen and oxygen atoms in total. The van der Waals surface area contributed by atoms with Gasteiger partial charge in [0.1, 0.15) is 0 Å². The number of hydrogen-bond acceptors (Lipinski definition) is 3. The first-order chi connectivity index (χ1) is 9.83. The van der Waals surface area contributed by atoms with E-state index in [1.165, 1.54) is 12.8 Å². The lowest BCUT2D eigenvalue weighted by molar-refractivity contribution is 0.287. The second kappa shape index (κ2) is 7.95. The first kappa shape index (κ1) is 14.9. The van der Waals surface area contributed by atoms with Crippen molar-refractivity contribution in [3.63, 3.8) is 0 Å². The van der Waals surface area contributed by atoms with Crippen LogP contribution in [-0.2, 0) is 0 Å². The minimum Gasteiger partial charge on any atom is -0.490 e. The van der Waals surface area contributed by atoms with Gasteiger partial charge in [0.15, 0.2) is 11.5 Å². The zero-order chi connectivity index (χ0) is 14.2. The third-order valence-corrected chi connectivity index (χ3v) is 3.20. The van der Waals surface area contributed by atoms with Crippen molar-refractivity contribution < 1.29 is 9.47 Å². The van der Waals surface area contributed by atoms with Crippen molar-refractivity contribution in [3.8, 4) is 11.5 Å². The van der Waals surface area contributed by atoms with E-state index in [0.29, 0.717) is 13.2 Å². The van der Waals surface area contributed by atoms with E-state index in [4.69, 9.17) is 9.47 Å². The van der Waals surface area contributed by atoms with Crippen LogP contribution in [0.15, 0.2) is 24.3 Å². The molecule has 0 atom stereocenters. The fraction of sp³-hybridized carbons (Fsp3) is 0.529. The Morgan fingerprint density at radius 3 is 2.60 bits per heavy atom. The highest BCUT2D eigenvalue weighted by Gasteiger charge is 2.19. The molecule has 2 rings (SSSR count).